The fourth-order valence-corrected chi connectivity index (χ4v) is 1.16. The van der Waals surface area contributed by atoms with E-state index in [0.717, 1.165) is 0 Å². The fraction of sp³-hybridized carbons (Fsp3) is 0.111. The van der Waals surface area contributed by atoms with Crippen molar-refractivity contribution in [3.63, 3.8) is 0 Å². The Hall–Kier alpha value is -2.04. The zero-order valence-corrected chi connectivity index (χ0v) is 7.60. The molecule has 0 saturated carbocycles. The minimum absolute atomic E-state index is 0.305. The van der Waals surface area contributed by atoms with Gasteiger partial charge in [-0.15, -0.1) is 5.10 Å². The first kappa shape index (κ1) is 8.55. The number of furan rings is 1. The SMILES string of the molecule is COc1nncc(-c2ccco2)c1N. The number of hydrogen-bond donors (Lipinski definition) is 1. The summed E-state index contributed by atoms with van der Waals surface area (Å²) in [6, 6.07) is 3.58. The van der Waals surface area contributed by atoms with Crippen LogP contribution >= 0.6 is 0 Å². The van der Waals surface area contributed by atoms with Crippen LogP contribution in [0.5, 0.6) is 5.88 Å². The summed E-state index contributed by atoms with van der Waals surface area (Å²) in [5, 5.41) is 7.49. The van der Waals surface area contributed by atoms with Crippen molar-refractivity contribution >= 4 is 5.69 Å². The molecule has 0 amide bonds. The normalized spacial score (nSPS) is 10.1. The topological polar surface area (TPSA) is 74.2 Å². The molecule has 0 aliphatic rings. The molecular weight excluding hydrogens is 182 g/mol. The molecule has 2 aromatic heterocycles. The van der Waals surface area contributed by atoms with Crippen LogP contribution in [-0.2, 0) is 0 Å². The minimum atomic E-state index is 0.305. The summed E-state index contributed by atoms with van der Waals surface area (Å²) in [5.74, 6) is 0.953. The van der Waals surface area contributed by atoms with Crippen LogP contribution in [0.15, 0.2) is 29.0 Å². The van der Waals surface area contributed by atoms with Gasteiger partial charge >= 0.3 is 0 Å². The van der Waals surface area contributed by atoms with Gasteiger partial charge in [-0.3, -0.25) is 0 Å². The lowest BCUT2D eigenvalue weighted by Gasteiger charge is -2.04. The van der Waals surface area contributed by atoms with Gasteiger partial charge in [0.1, 0.15) is 11.4 Å². The Morgan fingerprint density at radius 2 is 2.36 bits per heavy atom. The van der Waals surface area contributed by atoms with Crippen molar-refractivity contribution in [1.82, 2.24) is 10.2 Å². The molecule has 2 N–H and O–H groups in total. The quantitative estimate of drug-likeness (QED) is 0.775. The number of anilines is 1. The fourth-order valence-electron chi connectivity index (χ4n) is 1.16. The van der Waals surface area contributed by atoms with Gasteiger partial charge in [0.05, 0.1) is 25.1 Å². The molecule has 14 heavy (non-hydrogen) atoms. The molecule has 0 bridgehead atoms. The predicted molar refractivity (Wildman–Crippen MR) is 50.7 cm³/mol. The van der Waals surface area contributed by atoms with Crippen molar-refractivity contribution < 1.29 is 9.15 Å². The van der Waals surface area contributed by atoms with Gasteiger partial charge in [0.15, 0.2) is 0 Å². The van der Waals surface area contributed by atoms with Crippen LogP contribution in [0.1, 0.15) is 0 Å². The molecule has 0 unspecified atom stereocenters. The number of aromatic nitrogens is 2. The third-order valence-corrected chi connectivity index (χ3v) is 1.84. The van der Waals surface area contributed by atoms with Crippen molar-refractivity contribution in [3.8, 4) is 17.2 Å². The first-order valence-corrected chi connectivity index (χ1v) is 4.02. The zero-order chi connectivity index (χ0) is 9.97. The molecule has 0 saturated heterocycles. The van der Waals surface area contributed by atoms with E-state index in [0.29, 0.717) is 22.9 Å². The van der Waals surface area contributed by atoms with Crippen molar-refractivity contribution in [2.45, 2.75) is 0 Å². The number of hydrogen-bond acceptors (Lipinski definition) is 5. The summed E-state index contributed by atoms with van der Waals surface area (Å²) < 4.78 is 10.1. The number of nitrogens with two attached hydrogens (primary N) is 1. The molecule has 0 aliphatic carbocycles. The first-order valence-electron chi connectivity index (χ1n) is 4.02. The van der Waals surface area contributed by atoms with Gasteiger partial charge in [0.2, 0.25) is 0 Å². The lowest BCUT2D eigenvalue weighted by Crippen LogP contribution is -1.99. The molecule has 0 aromatic carbocycles. The molecule has 5 heteroatoms. The Kier molecular flexibility index (Phi) is 2.06. The van der Waals surface area contributed by atoms with Gasteiger partial charge in [-0.1, -0.05) is 0 Å². The van der Waals surface area contributed by atoms with Crippen molar-refractivity contribution in [2.24, 2.45) is 0 Å². The smallest absolute Gasteiger partial charge is 0.257 e. The summed E-state index contributed by atoms with van der Waals surface area (Å²) in [7, 11) is 1.49. The number of nitrogen functional groups attached to an aromatic ring is 1. The summed E-state index contributed by atoms with van der Waals surface area (Å²) >= 11 is 0. The van der Waals surface area contributed by atoms with E-state index in [1.165, 1.54) is 13.3 Å². The number of methoxy groups -OCH3 is 1. The van der Waals surface area contributed by atoms with Crippen LogP contribution in [0, 0.1) is 0 Å². The van der Waals surface area contributed by atoms with Gasteiger partial charge in [-0.05, 0) is 12.1 Å². The van der Waals surface area contributed by atoms with Crippen LogP contribution < -0.4 is 10.5 Å². The highest BCUT2D eigenvalue weighted by atomic mass is 16.5. The molecule has 2 rings (SSSR count). The lowest BCUT2D eigenvalue weighted by atomic mass is 10.2. The van der Waals surface area contributed by atoms with Gasteiger partial charge in [0, 0.05) is 0 Å². The number of nitrogens with zero attached hydrogens (tertiary/aromatic N) is 2. The van der Waals surface area contributed by atoms with Gasteiger partial charge in [0.25, 0.3) is 5.88 Å². The molecule has 0 fully saturated rings. The molecular formula is C9H9N3O2. The summed E-state index contributed by atoms with van der Waals surface area (Å²) in [4.78, 5) is 0. The van der Waals surface area contributed by atoms with E-state index in [1.807, 2.05) is 0 Å². The monoisotopic (exact) mass is 191 g/mol. The van der Waals surface area contributed by atoms with Gasteiger partial charge in [-0.25, -0.2) is 0 Å². The number of ether oxygens (including phenoxy) is 1. The second kappa shape index (κ2) is 3.37. The lowest BCUT2D eigenvalue weighted by molar-refractivity contribution is 0.394. The average Bonchev–Trinajstić information content (AvgIpc) is 2.71. The number of rotatable bonds is 2. The Morgan fingerprint density at radius 3 is 3.00 bits per heavy atom. The third-order valence-electron chi connectivity index (χ3n) is 1.84. The van der Waals surface area contributed by atoms with E-state index in [1.54, 1.807) is 18.4 Å². The van der Waals surface area contributed by atoms with Crippen molar-refractivity contribution in [2.75, 3.05) is 12.8 Å². The van der Waals surface area contributed by atoms with Crippen LogP contribution in [0.2, 0.25) is 0 Å². The Bertz CT molecular complexity index is 426. The van der Waals surface area contributed by atoms with Crippen LogP contribution in [0.4, 0.5) is 5.69 Å². The van der Waals surface area contributed by atoms with Gasteiger partial charge in [-0.2, -0.15) is 5.10 Å². The van der Waals surface area contributed by atoms with E-state index in [4.69, 9.17) is 14.9 Å². The van der Waals surface area contributed by atoms with Crippen LogP contribution in [0.3, 0.4) is 0 Å². The van der Waals surface area contributed by atoms with Crippen molar-refractivity contribution in [3.05, 3.63) is 24.6 Å². The highest BCUT2D eigenvalue weighted by Gasteiger charge is 2.11. The maximum absolute atomic E-state index is 5.80. The second-order valence-electron chi connectivity index (χ2n) is 2.66. The van der Waals surface area contributed by atoms with Gasteiger partial charge < -0.3 is 14.9 Å². The highest BCUT2D eigenvalue weighted by molar-refractivity contribution is 5.74. The van der Waals surface area contributed by atoms with Crippen molar-refractivity contribution in [1.29, 1.82) is 0 Å². The summed E-state index contributed by atoms with van der Waals surface area (Å²) in [6.07, 6.45) is 3.11. The van der Waals surface area contributed by atoms with E-state index < -0.39 is 0 Å². The average molecular weight is 191 g/mol. The molecule has 0 atom stereocenters. The first-order chi connectivity index (χ1) is 6.83. The second-order valence-corrected chi connectivity index (χ2v) is 2.66. The maximum Gasteiger partial charge on any atom is 0.257 e. The molecule has 72 valence electrons. The predicted octanol–water partition coefficient (Wildman–Crippen LogP) is 1.33. The molecule has 0 spiro atoms. The maximum atomic E-state index is 5.80. The van der Waals surface area contributed by atoms with E-state index >= 15 is 0 Å². The Morgan fingerprint density at radius 1 is 1.50 bits per heavy atom. The molecule has 5 nitrogen and oxygen atoms in total. The summed E-state index contributed by atoms with van der Waals surface area (Å²) in [6.45, 7) is 0. The van der Waals surface area contributed by atoms with E-state index in [-0.39, 0.29) is 0 Å². The van der Waals surface area contributed by atoms with Crippen LogP contribution in [-0.4, -0.2) is 17.3 Å². The third kappa shape index (κ3) is 1.28. The minimum Gasteiger partial charge on any atom is -0.478 e. The molecule has 2 heterocycles. The largest absolute Gasteiger partial charge is 0.478 e. The van der Waals surface area contributed by atoms with E-state index in [2.05, 4.69) is 10.2 Å². The Labute approximate surface area is 80.5 Å². The molecule has 0 aliphatic heterocycles. The molecule has 0 radical (unpaired) electrons. The van der Waals surface area contributed by atoms with E-state index in [9.17, 15) is 0 Å². The van der Waals surface area contributed by atoms with Crippen LogP contribution in [0.25, 0.3) is 11.3 Å². The standard InChI is InChI=1S/C9H9N3O2/c1-13-9-8(10)6(5-11-12-9)7-3-2-4-14-7/h2-5H,1H3,(H2,10,11). The highest BCUT2D eigenvalue weighted by Crippen LogP contribution is 2.30. The molecule has 2 aromatic rings. The Balaban J connectivity index is 2.54. The summed E-state index contributed by atoms with van der Waals surface area (Å²) in [5.41, 5.74) is 6.91. The zero-order valence-electron chi connectivity index (χ0n) is 7.60.